The number of rotatable bonds is 6. The van der Waals surface area contributed by atoms with Crippen LogP contribution < -0.4 is 5.73 Å². The molecular weight excluding hydrogens is 210 g/mol. The number of likely N-dealkylation sites (tertiary alicyclic amines) is 1. The summed E-state index contributed by atoms with van der Waals surface area (Å²) in [6.07, 6.45) is 6.85. The van der Waals surface area contributed by atoms with E-state index < -0.39 is 0 Å². The SMILES string of the molecule is CN1CCCC1CN(C)C(C)(CN)CC1CC1. The van der Waals surface area contributed by atoms with Gasteiger partial charge in [-0.1, -0.05) is 12.8 Å². The van der Waals surface area contributed by atoms with Crippen molar-refractivity contribution in [2.45, 2.75) is 50.6 Å². The Kier molecular flexibility index (Phi) is 4.11. The number of nitrogens with two attached hydrogens (primary N) is 1. The van der Waals surface area contributed by atoms with Gasteiger partial charge in [-0.25, -0.2) is 0 Å². The zero-order valence-electron chi connectivity index (χ0n) is 11.8. The lowest BCUT2D eigenvalue weighted by Gasteiger charge is -2.40. The summed E-state index contributed by atoms with van der Waals surface area (Å²) in [5, 5.41) is 0. The van der Waals surface area contributed by atoms with Crippen molar-refractivity contribution in [2.75, 3.05) is 33.7 Å². The Morgan fingerprint density at radius 1 is 1.35 bits per heavy atom. The molecule has 17 heavy (non-hydrogen) atoms. The van der Waals surface area contributed by atoms with Crippen LogP contribution in [0.1, 0.15) is 39.0 Å². The van der Waals surface area contributed by atoms with Crippen LogP contribution >= 0.6 is 0 Å². The predicted molar refractivity (Wildman–Crippen MR) is 73.1 cm³/mol. The minimum atomic E-state index is 0.213. The first kappa shape index (κ1) is 13.3. The molecule has 0 aromatic carbocycles. The Morgan fingerprint density at radius 3 is 2.53 bits per heavy atom. The average molecular weight is 239 g/mol. The maximum atomic E-state index is 6.04. The van der Waals surface area contributed by atoms with Gasteiger partial charge in [-0.15, -0.1) is 0 Å². The minimum Gasteiger partial charge on any atom is -0.329 e. The van der Waals surface area contributed by atoms with E-state index in [2.05, 4.69) is 30.8 Å². The maximum Gasteiger partial charge on any atom is 0.0303 e. The molecule has 1 aliphatic carbocycles. The van der Waals surface area contributed by atoms with Crippen LogP contribution in [-0.2, 0) is 0 Å². The van der Waals surface area contributed by atoms with Gasteiger partial charge in [-0.05, 0) is 52.7 Å². The standard InChI is InChI=1S/C14H29N3/c1-14(11-15,9-12-6-7-12)17(3)10-13-5-4-8-16(13)2/h12-13H,4-11,15H2,1-3H3. The molecule has 0 amide bonds. The van der Waals surface area contributed by atoms with Crippen LogP contribution in [0.25, 0.3) is 0 Å². The molecule has 2 N–H and O–H groups in total. The fourth-order valence-electron chi connectivity index (χ4n) is 3.09. The summed E-state index contributed by atoms with van der Waals surface area (Å²) in [5.74, 6) is 0.951. The third kappa shape index (κ3) is 3.21. The van der Waals surface area contributed by atoms with Gasteiger partial charge in [-0.2, -0.15) is 0 Å². The smallest absolute Gasteiger partial charge is 0.0303 e. The first-order chi connectivity index (χ1) is 8.05. The van der Waals surface area contributed by atoms with Gasteiger partial charge in [0.05, 0.1) is 0 Å². The van der Waals surface area contributed by atoms with E-state index in [-0.39, 0.29) is 5.54 Å². The average Bonchev–Trinajstić information content (AvgIpc) is 3.02. The molecule has 1 saturated heterocycles. The van der Waals surface area contributed by atoms with Crippen molar-refractivity contribution < 1.29 is 0 Å². The molecule has 3 heteroatoms. The molecule has 3 nitrogen and oxygen atoms in total. The monoisotopic (exact) mass is 239 g/mol. The van der Waals surface area contributed by atoms with E-state index in [0.29, 0.717) is 0 Å². The molecule has 2 rings (SSSR count). The summed E-state index contributed by atoms with van der Waals surface area (Å²) in [5.41, 5.74) is 6.25. The summed E-state index contributed by atoms with van der Waals surface area (Å²) in [6, 6.07) is 0.741. The number of hydrogen-bond donors (Lipinski definition) is 1. The van der Waals surface area contributed by atoms with Gasteiger partial charge >= 0.3 is 0 Å². The van der Waals surface area contributed by atoms with Crippen molar-refractivity contribution in [3.63, 3.8) is 0 Å². The molecule has 100 valence electrons. The maximum absolute atomic E-state index is 6.04. The lowest BCUT2D eigenvalue weighted by atomic mass is 9.92. The predicted octanol–water partition coefficient (Wildman–Crippen LogP) is 1.53. The minimum absolute atomic E-state index is 0.213. The van der Waals surface area contributed by atoms with Gasteiger partial charge < -0.3 is 10.6 Å². The summed E-state index contributed by atoms with van der Waals surface area (Å²) in [4.78, 5) is 5.03. The van der Waals surface area contributed by atoms with Crippen molar-refractivity contribution in [3.8, 4) is 0 Å². The lowest BCUT2D eigenvalue weighted by molar-refractivity contribution is 0.0973. The fourth-order valence-corrected chi connectivity index (χ4v) is 3.09. The fraction of sp³-hybridized carbons (Fsp3) is 1.00. The summed E-state index contributed by atoms with van der Waals surface area (Å²) < 4.78 is 0. The van der Waals surface area contributed by atoms with Crippen LogP contribution in [-0.4, -0.2) is 55.1 Å². The van der Waals surface area contributed by atoms with Crippen molar-refractivity contribution in [3.05, 3.63) is 0 Å². The number of likely N-dealkylation sites (N-methyl/N-ethyl adjacent to an activating group) is 2. The Bertz CT molecular complexity index is 252. The number of nitrogens with zero attached hydrogens (tertiary/aromatic N) is 2. The normalized spacial score (nSPS) is 29.8. The molecule has 2 atom stereocenters. The second-order valence-corrected chi connectivity index (χ2v) is 6.51. The molecule has 0 radical (unpaired) electrons. The van der Waals surface area contributed by atoms with Crippen molar-refractivity contribution >= 4 is 0 Å². The van der Waals surface area contributed by atoms with E-state index in [0.717, 1.165) is 18.5 Å². The van der Waals surface area contributed by atoms with Gasteiger partial charge in [0.1, 0.15) is 0 Å². The lowest BCUT2D eigenvalue weighted by Crippen LogP contribution is -2.53. The zero-order chi connectivity index (χ0) is 12.5. The molecule has 2 unspecified atom stereocenters. The van der Waals surface area contributed by atoms with E-state index in [1.54, 1.807) is 0 Å². The molecule has 0 spiro atoms. The Morgan fingerprint density at radius 2 is 2.06 bits per heavy atom. The molecule has 0 aromatic rings. The third-order valence-corrected chi connectivity index (χ3v) is 4.94. The summed E-state index contributed by atoms with van der Waals surface area (Å²) in [6.45, 7) is 5.58. The van der Waals surface area contributed by atoms with Crippen molar-refractivity contribution in [1.29, 1.82) is 0 Å². The highest BCUT2D eigenvalue weighted by atomic mass is 15.2. The first-order valence-electron chi connectivity index (χ1n) is 7.17. The van der Waals surface area contributed by atoms with Crippen LogP contribution in [0.3, 0.4) is 0 Å². The van der Waals surface area contributed by atoms with E-state index in [9.17, 15) is 0 Å². The largest absolute Gasteiger partial charge is 0.329 e. The Hall–Kier alpha value is -0.120. The molecule has 1 aliphatic heterocycles. The van der Waals surface area contributed by atoms with E-state index >= 15 is 0 Å². The molecule has 0 bridgehead atoms. The van der Waals surface area contributed by atoms with Gasteiger partial charge in [0, 0.05) is 24.7 Å². The topological polar surface area (TPSA) is 32.5 Å². The van der Waals surface area contributed by atoms with E-state index in [1.807, 2.05) is 0 Å². The second-order valence-electron chi connectivity index (χ2n) is 6.51. The van der Waals surface area contributed by atoms with Gasteiger partial charge in [0.15, 0.2) is 0 Å². The van der Waals surface area contributed by atoms with Gasteiger partial charge in [-0.3, -0.25) is 4.90 Å². The molecular formula is C14H29N3. The van der Waals surface area contributed by atoms with Crippen LogP contribution in [0.4, 0.5) is 0 Å². The Labute approximate surface area is 106 Å². The van der Waals surface area contributed by atoms with E-state index in [4.69, 9.17) is 5.73 Å². The molecule has 0 aromatic heterocycles. The number of hydrogen-bond acceptors (Lipinski definition) is 3. The zero-order valence-corrected chi connectivity index (χ0v) is 11.8. The molecule has 1 heterocycles. The Balaban J connectivity index is 1.88. The highest BCUT2D eigenvalue weighted by molar-refractivity contribution is 4.93. The third-order valence-electron chi connectivity index (χ3n) is 4.94. The van der Waals surface area contributed by atoms with E-state index in [1.165, 1.54) is 45.2 Å². The van der Waals surface area contributed by atoms with Gasteiger partial charge in [0.25, 0.3) is 0 Å². The highest BCUT2D eigenvalue weighted by Gasteiger charge is 2.36. The summed E-state index contributed by atoms with van der Waals surface area (Å²) >= 11 is 0. The van der Waals surface area contributed by atoms with Gasteiger partial charge in [0.2, 0.25) is 0 Å². The van der Waals surface area contributed by atoms with Crippen molar-refractivity contribution in [1.82, 2.24) is 9.80 Å². The second kappa shape index (κ2) is 5.25. The molecule has 2 fully saturated rings. The molecule has 2 aliphatic rings. The summed E-state index contributed by atoms with van der Waals surface area (Å²) in [7, 11) is 4.52. The van der Waals surface area contributed by atoms with Crippen molar-refractivity contribution in [2.24, 2.45) is 11.7 Å². The molecule has 1 saturated carbocycles. The van der Waals surface area contributed by atoms with Crippen LogP contribution in [0, 0.1) is 5.92 Å². The highest BCUT2D eigenvalue weighted by Crippen LogP contribution is 2.38. The first-order valence-corrected chi connectivity index (χ1v) is 7.17. The quantitative estimate of drug-likeness (QED) is 0.763. The van der Waals surface area contributed by atoms with Crippen LogP contribution in [0.2, 0.25) is 0 Å². The van der Waals surface area contributed by atoms with Crippen LogP contribution in [0.5, 0.6) is 0 Å². The van der Waals surface area contributed by atoms with Crippen LogP contribution in [0.15, 0.2) is 0 Å².